The molecule has 6 aromatic carbocycles. The van der Waals surface area contributed by atoms with E-state index in [1.54, 1.807) is 97.3 Å². The zero-order valence-corrected chi connectivity index (χ0v) is 42.0. The largest absolute Gasteiger partial charge is 1.00 e. The average molecular weight is 1120 g/mol. The van der Waals surface area contributed by atoms with Crippen LogP contribution in [0.4, 0.5) is 43.7 Å². The fourth-order valence-electron chi connectivity index (χ4n) is 6.56. The number of hydrogen-bond donors (Lipinski definition) is 0. The quantitative estimate of drug-likeness (QED) is 0.0404. The van der Waals surface area contributed by atoms with Crippen molar-refractivity contribution in [2.45, 2.75) is 60.9 Å². The maximum Gasteiger partial charge on any atom is 0.762 e. The Bertz CT molecular complexity index is 3010. The van der Waals surface area contributed by atoms with Gasteiger partial charge in [0.2, 0.25) is 11.8 Å². The number of benzene rings is 6. The van der Waals surface area contributed by atoms with Crippen LogP contribution >= 0.6 is 23.5 Å². The molecule has 0 amide bonds. The molecule has 1 aliphatic heterocycles. The van der Waals surface area contributed by atoms with Crippen LogP contribution in [0.3, 0.4) is 0 Å². The van der Waals surface area contributed by atoms with E-state index in [0.29, 0.717) is 83.9 Å². The van der Waals surface area contributed by atoms with Gasteiger partial charge in [0.05, 0.1) is 9.79 Å². The molecule has 2 aromatic heterocycles. The Morgan fingerprint density at radius 1 is 0.526 bits per heavy atom. The summed E-state index contributed by atoms with van der Waals surface area (Å²) >= 11 is 0.926. The summed E-state index contributed by atoms with van der Waals surface area (Å²) in [6.45, 7) is 4.45. The molecule has 0 radical (unpaired) electrons. The van der Waals surface area contributed by atoms with Crippen LogP contribution in [0.2, 0.25) is 0 Å². The minimum absolute atomic E-state index is 0. The van der Waals surface area contributed by atoms with Crippen molar-refractivity contribution in [2.75, 3.05) is 13.2 Å². The lowest BCUT2D eigenvalue weighted by Crippen LogP contribution is -3.00. The van der Waals surface area contributed by atoms with Gasteiger partial charge in [0, 0.05) is 41.6 Å². The predicted octanol–water partition coefficient (Wildman–Crippen LogP) is 13.1. The Labute approximate surface area is 440 Å². The maximum atomic E-state index is 14.3. The maximum absolute atomic E-state index is 14.3. The molecule has 0 N–H and O–H groups in total. The SMILES string of the molecule is CC(COc1ccc(Oc2ccc(SC(F)(F)F)cc2)cc1)Oc1ccccn1.CC(COc1ccc(Oc2ccc([S+]3c4cc(F)c(F)cc4Sc4cc(F)c(F)cc43)cc2)cc1)Oc1ccccn1.FB(F)F.[F-]. The van der Waals surface area contributed by atoms with Gasteiger partial charge in [-0.2, -0.15) is 13.2 Å². The van der Waals surface area contributed by atoms with Crippen LogP contribution in [0.1, 0.15) is 13.8 Å². The third-order valence-electron chi connectivity index (χ3n) is 9.76. The van der Waals surface area contributed by atoms with Crippen LogP contribution < -0.4 is 33.1 Å². The van der Waals surface area contributed by atoms with E-state index in [1.807, 2.05) is 38.1 Å². The summed E-state index contributed by atoms with van der Waals surface area (Å²) in [7, 11) is -4.66. The highest BCUT2D eigenvalue weighted by atomic mass is 32.2. The van der Waals surface area contributed by atoms with E-state index in [-0.39, 0.29) is 33.6 Å². The number of alkyl halides is 3. The molecule has 0 saturated heterocycles. The molecule has 8 aromatic rings. The van der Waals surface area contributed by atoms with Crippen LogP contribution in [-0.4, -0.2) is 48.4 Å². The average Bonchev–Trinajstić information content (AvgIpc) is 3.38. The smallest absolute Gasteiger partial charge is 0.762 e. The van der Waals surface area contributed by atoms with Crippen LogP contribution in [0.25, 0.3) is 0 Å². The molecule has 9 rings (SSSR count). The fraction of sp³-hybridized carbons (Fsp3) is 0.132. The highest BCUT2D eigenvalue weighted by molar-refractivity contribution is 8.04. The third kappa shape index (κ3) is 17.7. The monoisotopic (exact) mass is 1120 g/mol. The van der Waals surface area contributed by atoms with E-state index < -0.39 is 47.2 Å². The lowest BCUT2D eigenvalue weighted by Gasteiger charge is -2.19. The van der Waals surface area contributed by atoms with Crippen molar-refractivity contribution in [1.82, 2.24) is 9.97 Å². The first-order valence-corrected chi connectivity index (χ1v) is 25.1. The molecule has 0 saturated carbocycles. The number of halogens is 11. The molecule has 0 fully saturated rings. The van der Waals surface area contributed by atoms with Crippen molar-refractivity contribution in [3.05, 3.63) is 193 Å². The molecule has 76 heavy (non-hydrogen) atoms. The Morgan fingerprint density at radius 3 is 1.25 bits per heavy atom. The molecular formula is C53H40BF11N2O6S3. The second-order valence-corrected chi connectivity index (χ2v) is 19.7. The zero-order chi connectivity index (χ0) is 53.5. The van der Waals surface area contributed by atoms with Crippen LogP contribution in [0.5, 0.6) is 46.3 Å². The first kappa shape index (κ1) is 58.0. The second-order valence-electron chi connectivity index (χ2n) is 15.5. The predicted molar refractivity (Wildman–Crippen MR) is 266 cm³/mol. The zero-order valence-electron chi connectivity index (χ0n) is 39.5. The number of ether oxygens (including phenoxy) is 6. The number of pyridine rings is 2. The number of fused-ring (bicyclic) bond motifs is 2. The molecule has 8 nitrogen and oxygen atoms in total. The summed E-state index contributed by atoms with van der Waals surface area (Å²) in [6, 6.07) is 42.2. The van der Waals surface area contributed by atoms with Crippen molar-refractivity contribution < 1.29 is 76.8 Å². The van der Waals surface area contributed by atoms with Gasteiger partial charge in [0.25, 0.3) is 0 Å². The molecular weight excluding hydrogens is 1080 g/mol. The minimum atomic E-state index is -4.31. The van der Waals surface area contributed by atoms with Crippen molar-refractivity contribution in [3.8, 4) is 46.3 Å². The molecule has 2 unspecified atom stereocenters. The molecule has 0 bridgehead atoms. The summed E-state index contributed by atoms with van der Waals surface area (Å²) in [6.07, 6.45) is 2.93. The lowest BCUT2D eigenvalue weighted by atomic mass is 10.3. The van der Waals surface area contributed by atoms with Gasteiger partial charge in [-0.25, -0.2) is 27.5 Å². The molecule has 23 heteroatoms. The first-order chi connectivity index (χ1) is 35.9. The Kier molecular flexibility index (Phi) is 21.0. The third-order valence-corrected chi connectivity index (χ3v) is 14.2. The van der Waals surface area contributed by atoms with Gasteiger partial charge in [-0.3, -0.25) is 12.9 Å². The molecule has 0 aliphatic carbocycles. The number of nitrogens with zero attached hydrogens (tertiary/aromatic N) is 2. The van der Waals surface area contributed by atoms with Gasteiger partial charge in [0.15, 0.2) is 38.0 Å². The molecule has 3 heterocycles. The highest BCUT2D eigenvalue weighted by Gasteiger charge is 2.40. The standard InChI is InChI=1S/C32H22F4NO3S2.C21H18F3NO3S.BF3.FH/c1-19(39-32-4-2-3-13-37-32)18-38-20-5-7-21(8-6-20)40-22-9-11-23(12-10-22)42-30-16-26(35)24(33)14-28(30)41-29-15-25(34)27(36)17-31(29)42;1-15(27-20-4-2-3-13-25-20)14-26-16-5-7-17(8-6-16)28-18-9-11-19(12-10-18)29-21(22,23)24;2-1(3)4;/h2-17,19H,18H2,1H3;2-13,15H,14H2,1H3;;1H/q+1;;;/p-1. The summed E-state index contributed by atoms with van der Waals surface area (Å²) in [5.41, 5.74) is -4.31. The lowest BCUT2D eigenvalue weighted by molar-refractivity contribution is -0.0328. The van der Waals surface area contributed by atoms with Crippen LogP contribution in [0, 0.1) is 23.3 Å². The summed E-state index contributed by atoms with van der Waals surface area (Å²) in [4.78, 5) is 11.0. The van der Waals surface area contributed by atoms with Gasteiger partial charge < -0.3 is 33.1 Å². The van der Waals surface area contributed by atoms with E-state index in [4.69, 9.17) is 28.4 Å². The highest BCUT2D eigenvalue weighted by Crippen LogP contribution is 2.49. The van der Waals surface area contributed by atoms with Crippen molar-refractivity contribution in [2.24, 2.45) is 0 Å². The van der Waals surface area contributed by atoms with E-state index in [2.05, 4.69) is 9.97 Å². The Morgan fingerprint density at radius 2 is 0.882 bits per heavy atom. The fourth-order valence-corrected chi connectivity index (χ4v) is 10.9. The first-order valence-electron chi connectivity index (χ1n) is 22.2. The molecule has 2 atom stereocenters. The number of thioether (sulfide) groups is 1. The Hall–Kier alpha value is -7.24. The van der Waals surface area contributed by atoms with E-state index in [9.17, 15) is 43.7 Å². The topological polar surface area (TPSA) is 81.2 Å². The van der Waals surface area contributed by atoms with Gasteiger partial charge in [-0.1, -0.05) is 23.9 Å². The Balaban J connectivity index is 0.000000241. The van der Waals surface area contributed by atoms with Gasteiger partial charge in [0.1, 0.15) is 70.8 Å². The van der Waals surface area contributed by atoms with Crippen LogP contribution in [0.15, 0.2) is 199 Å². The van der Waals surface area contributed by atoms with Gasteiger partial charge in [-0.05, 0) is 147 Å². The van der Waals surface area contributed by atoms with E-state index in [0.717, 1.165) is 36.0 Å². The second kappa shape index (κ2) is 27.5. The van der Waals surface area contributed by atoms with Gasteiger partial charge >= 0.3 is 13.1 Å². The molecule has 1 aliphatic rings. The van der Waals surface area contributed by atoms with E-state index >= 15 is 0 Å². The normalized spacial score (nSPS) is 12.3. The van der Waals surface area contributed by atoms with Crippen molar-refractivity contribution >= 4 is 42.0 Å². The molecule has 0 spiro atoms. The summed E-state index contributed by atoms with van der Waals surface area (Å²) in [5.74, 6) is 0.474. The van der Waals surface area contributed by atoms with E-state index in [1.165, 1.54) is 24.3 Å². The van der Waals surface area contributed by atoms with Crippen LogP contribution in [-0.2, 0) is 10.9 Å². The number of hydrogen-bond acceptors (Lipinski definition) is 10. The van der Waals surface area contributed by atoms with Crippen molar-refractivity contribution in [1.29, 1.82) is 0 Å². The summed E-state index contributed by atoms with van der Waals surface area (Å²) in [5, 5.41) is 0. The van der Waals surface area contributed by atoms with Crippen molar-refractivity contribution in [3.63, 3.8) is 0 Å². The summed E-state index contributed by atoms with van der Waals surface area (Å²) < 4.78 is 157. The number of aromatic nitrogens is 2. The minimum Gasteiger partial charge on any atom is -1.00 e. The molecule has 396 valence electrons. The van der Waals surface area contributed by atoms with Gasteiger partial charge in [-0.15, -0.1) is 0 Å². The number of rotatable bonds is 16.